The van der Waals surface area contributed by atoms with Gasteiger partial charge in [0.2, 0.25) is 0 Å². The smallest absolute Gasteiger partial charge is 0.180 e. The summed E-state index contributed by atoms with van der Waals surface area (Å²) in [5.41, 5.74) is 13.6. The van der Waals surface area contributed by atoms with Crippen LogP contribution in [0.5, 0.6) is 0 Å². The van der Waals surface area contributed by atoms with Crippen molar-refractivity contribution in [2.24, 2.45) is 0 Å². The van der Waals surface area contributed by atoms with E-state index in [-0.39, 0.29) is 5.92 Å². The first-order chi connectivity index (χ1) is 15.5. The number of benzene rings is 2. The Morgan fingerprint density at radius 1 is 1.06 bits per heavy atom. The molecule has 3 N–H and O–H groups in total. The van der Waals surface area contributed by atoms with E-state index in [1.807, 2.05) is 25.1 Å². The van der Waals surface area contributed by atoms with Crippen molar-refractivity contribution < 1.29 is 0 Å². The molecule has 0 atom stereocenters. The van der Waals surface area contributed by atoms with Gasteiger partial charge in [-0.3, -0.25) is 0 Å². The SMILES string of the molecule is Cc1c(N)cnc2c1nc(C(C)C)n2Cc1ccc(-c2ccccc2)c(-c2nnn[nH]2)c1. The number of aromatic nitrogens is 7. The molecule has 5 aromatic rings. The molecule has 0 saturated carbocycles. The highest BCUT2D eigenvalue weighted by molar-refractivity contribution is 5.82. The summed E-state index contributed by atoms with van der Waals surface area (Å²) in [5, 5.41) is 14.6. The molecule has 0 bridgehead atoms. The van der Waals surface area contributed by atoms with Gasteiger partial charge < -0.3 is 10.3 Å². The lowest BCUT2D eigenvalue weighted by atomic mass is 9.97. The molecule has 0 aliphatic rings. The van der Waals surface area contributed by atoms with Crippen LogP contribution >= 0.6 is 0 Å². The number of nitrogens with one attached hydrogen (secondary N) is 1. The third-order valence-electron chi connectivity index (χ3n) is 5.71. The second-order valence-electron chi connectivity index (χ2n) is 8.22. The molecule has 0 saturated heterocycles. The van der Waals surface area contributed by atoms with Gasteiger partial charge in [-0.1, -0.05) is 56.3 Å². The van der Waals surface area contributed by atoms with E-state index in [4.69, 9.17) is 10.7 Å². The van der Waals surface area contributed by atoms with Crippen molar-refractivity contribution in [2.45, 2.75) is 33.2 Å². The monoisotopic (exact) mass is 424 g/mol. The summed E-state index contributed by atoms with van der Waals surface area (Å²) < 4.78 is 2.17. The number of nitrogen functional groups attached to an aromatic ring is 1. The Morgan fingerprint density at radius 3 is 2.59 bits per heavy atom. The third-order valence-corrected chi connectivity index (χ3v) is 5.71. The maximum Gasteiger partial charge on any atom is 0.180 e. The van der Waals surface area contributed by atoms with E-state index in [1.165, 1.54) is 0 Å². The first-order valence-corrected chi connectivity index (χ1v) is 10.6. The number of pyridine rings is 1. The number of nitrogens with zero attached hydrogens (tertiary/aromatic N) is 6. The molecule has 8 heteroatoms. The average molecular weight is 425 g/mol. The first kappa shape index (κ1) is 19.9. The van der Waals surface area contributed by atoms with Crippen molar-refractivity contribution in [2.75, 3.05) is 5.73 Å². The van der Waals surface area contributed by atoms with Crippen molar-refractivity contribution in [1.29, 1.82) is 0 Å². The zero-order valence-electron chi connectivity index (χ0n) is 18.2. The Labute approximate surface area is 185 Å². The van der Waals surface area contributed by atoms with E-state index in [1.54, 1.807) is 6.20 Å². The van der Waals surface area contributed by atoms with Gasteiger partial charge in [0.1, 0.15) is 11.3 Å². The van der Waals surface area contributed by atoms with Crippen LogP contribution < -0.4 is 5.73 Å². The van der Waals surface area contributed by atoms with Crippen molar-refractivity contribution in [3.63, 3.8) is 0 Å². The number of rotatable bonds is 5. The number of hydrogen-bond acceptors (Lipinski definition) is 6. The number of fused-ring (bicyclic) bond motifs is 1. The molecular formula is C24H24N8. The van der Waals surface area contributed by atoms with Gasteiger partial charge in [-0.05, 0) is 40.1 Å². The number of aromatic amines is 1. The zero-order valence-corrected chi connectivity index (χ0v) is 18.2. The van der Waals surface area contributed by atoms with Gasteiger partial charge in [0, 0.05) is 17.0 Å². The summed E-state index contributed by atoms with van der Waals surface area (Å²) in [7, 11) is 0. The molecule has 2 aromatic carbocycles. The van der Waals surface area contributed by atoms with Crippen LogP contribution in [0, 0.1) is 6.92 Å². The molecule has 0 aliphatic carbocycles. The molecule has 160 valence electrons. The number of anilines is 1. The summed E-state index contributed by atoms with van der Waals surface area (Å²) in [6.45, 7) is 6.90. The summed E-state index contributed by atoms with van der Waals surface area (Å²) in [4.78, 5) is 9.50. The topological polar surface area (TPSA) is 111 Å². The quantitative estimate of drug-likeness (QED) is 0.434. The van der Waals surface area contributed by atoms with Gasteiger partial charge >= 0.3 is 0 Å². The fourth-order valence-corrected chi connectivity index (χ4v) is 4.02. The highest BCUT2D eigenvalue weighted by Gasteiger charge is 2.19. The maximum atomic E-state index is 6.09. The average Bonchev–Trinajstić information content (AvgIpc) is 3.46. The van der Waals surface area contributed by atoms with Crippen LogP contribution in [0.2, 0.25) is 0 Å². The molecule has 3 heterocycles. The summed E-state index contributed by atoms with van der Waals surface area (Å²) in [6, 6.07) is 16.6. The van der Waals surface area contributed by atoms with Crippen LogP contribution in [0.15, 0.2) is 54.7 Å². The lowest BCUT2D eigenvalue weighted by Crippen LogP contribution is -2.08. The standard InChI is InChI=1S/C24H24N8/c1-14(2)23-27-21-15(3)20(25)12-26-24(21)32(23)13-16-9-10-18(17-7-5-4-6-8-17)19(11-16)22-28-30-31-29-22/h4-12,14H,13,25H2,1-3H3,(H,28,29,30,31). The van der Waals surface area contributed by atoms with Crippen LogP contribution in [-0.2, 0) is 6.54 Å². The molecule has 0 unspecified atom stereocenters. The highest BCUT2D eigenvalue weighted by Crippen LogP contribution is 2.32. The Bertz CT molecular complexity index is 1390. The van der Waals surface area contributed by atoms with Crippen LogP contribution in [0.3, 0.4) is 0 Å². The van der Waals surface area contributed by atoms with Gasteiger partial charge in [-0.2, -0.15) is 0 Å². The lowest BCUT2D eigenvalue weighted by molar-refractivity contribution is 0.679. The van der Waals surface area contributed by atoms with Gasteiger partial charge in [0.25, 0.3) is 0 Å². The van der Waals surface area contributed by atoms with Crippen molar-refractivity contribution in [3.05, 3.63) is 71.7 Å². The Morgan fingerprint density at radius 2 is 1.88 bits per heavy atom. The third kappa shape index (κ3) is 3.39. The summed E-state index contributed by atoms with van der Waals surface area (Å²) in [6.07, 6.45) is 1.71. The molecule has 5 rings (SSSR count). The molecule has 0 amide bonds. The van der Waals surface area contributed by atoms with E-state index in [0.29, 0.717) is 18.1 Å². The predicted molar refractivity (Wildman–Crippen MR) is 125 cm³/mol. The Kier molecular flexibility index (Phi) is 4.89. The molecule has 3 aromatic heterocycles. The Hall–Kier alpha value is -4.07. The fraction of sp³-hybridized carbons (Fsp3) is 0.208. The first-order valence-electron chi connectivity index (χ1n) is 10.6. The molecule has 0 radical (unpaired) electrons. The molecule has 0 aliphatic heterocycles. The molecule has 8 nitrogen and oxygen atoms in total. The summed E-state index contributed by atoms with van der Waals surface area (Å²) in [5.74, 6) is 1.86. The molecule has 32 heavy (non-hydrogen) atoms. The van der Waals surface area contributed by atoms with Crippen LogP contribution in [-0.4, -0.2) is 35.2 Å². The number of tetrazole rings is 1. The van der Waals surface area contributed by atoms with Gasteiger partial charge in [0.15, 0.2) is 11.5 Å². The Balaban J connectivity index is 1.64. The molecular weight excluding hydrogens is 400 g/mol. The van der Waals surface area contributed by atoms with E-state index >= 15 is 0 Å². The number of aryl methyl sites for hydroxylation is 1. The van der Waals surface area contributed by atoms with Crippen molar-refractivity contribution in [1.82, 2.24) is 35.2 Å². The second kappa shape index (κ2) is 7.88. The maximum absolute atomic E-state index is 6.09. The van der Waals surface area contributed by atoms with E-state index in [2.05, 4.69) is 74.4 Å². The van der Waals surface area contributed by atoms with Crippen LogP contribution in [0.1, 0.15) is 36.7 Å². The lowest BCUT2D eigenvalue weighted by Gasteiger charge is -2.14. The van der Waals surface area contributed by atoms with Crippen molar-refractivity contribution in [3.8, 4) is 22.5 Å². The second-order valence-corrected chi connectivity index (χ2v) is 8.22. The van der Waals surface area contributed by atoms with Gasteiger partial charge in [-0.25, -0.2) is 15.1 Å². The molecule has 0 fully saturated rings. The summed E-state index contributed by atoms with van der Waals surface area (Å²) >= 11 is 0. The highest BCUT2D eigenvalue weighted by atomic mass is 15.5. The van der Waals surface area contributed by atoms with E-state index in [0.717, 1.165) is 44.8 Å². The number of H-pyrrole nitrogens is 1. The minimum absolute atomic E-state index is 0.242. The van der Waals surface area contributed by atoms with Crippen LogP contribution in [0.25, 0.3) is 33.7 Å². The van der Waals surface area contributed by atoms with Gasteiger partial charge in [-0.15, -0.1) is 5.10 Å². The fourth-order valence-electron chi connectivity index (χ4n) is 4.02. The van der Waals surface area contributed by atoms with Crippen LogP contribution in [0.4, 0.5) is 5.69 Å². The zero-order chi connectivity index (χ0) is 22.2. The minimum Gasteiger partial charge on any atom is -0.397 e. The minimum atomic E-state index is 0.242. The normalized spacial score (nSPS) is 11.5. The van der Waals surface area contributed by atoms with E-state index in [9.17, 15) is 0 Å². The molecule has 0 spiro atoms. The number of imidazole rings is 1. The predicted octanol–water partition coefficient (Wildman–Crippen LogP) is 4.34. The van der Waals surface area contributed by atoms with Crippen molar-refractivity contribution >= 4 is 16.9 Å². The number of hydrogen-bond donors (Lipinski definition) is 2. The van der Waals surface area contributed by atoms with E-state index < -0.39 is 0 Å². The number of nitrogens with two attached hydrogens (primary N) is 1. The van der Waals surface area contributed by atoms with Gasteiger partial charge in [0.05, 0.1) is 18.4 Å². The largest absolute Gasteiger partial charge is 0.397 e.